The van der Waals surface area contributed by atoms with Gasteiger partial charge >= 0.3 is 0 Å². The maximum Gasteiger partial charge on any atom is 0.0432 e. The van der Waals surface area contributed by atoms with Crippen molar-refractivity contribution in [1.82, 2.24) is 4.98 Å². The van der Waals surface area contributed by atoms with E-state index in [2.05, 4.69) is 43.3 Å². The highest BCUT2D eigenvalue weighted by atomic mass is 14.6. The maximum absolute atomic E-state index is 4.05. The highest BCUT2D eigenvalue weighted by Crippen LogP contribution is 2.13. The first-order valence-corrected chi connectivity index (χ1v) is 6.19. The van der Waals surface area contributed by atoms with Crippen LogP contribution in [0.25, 0.3) is 0 Å². The topological polar surface area (TPSA) is 12.9 Å². The van der Waals surface area contributed by atoms with Crippen LogP contribution in [-0.2, 0) is 0 Å². The van der Waals surface area contributed by atoms with Gasteiger partial charge in [0.2, 0.25) is 0 Å². The molecular formula is C17H19N. The van der Waals surface area contributed by atoms with Gasteiger partial charge in [0.25, 0.3) is 0 Å². The molecule has 1 rings (SSSR count). The molecule has 1 aromatic heterocycles. The van der Waals surface area contributed by atoms with Crippen LogP contribution in [-0.4, -0.2) is 4.98 Å². The van der Waals surface area contributed by atoms with Crippen LogP contribution in [0.5, 0.6) is 0 Å². The van der Waals surface area contributed by atoms with E-state index in [-0.39, 0.29) is 0 Å². The van der Waals surface area contributed by atoms with Gasteiger partial charge in [-0.15, -0.1) is 0 Å². The first-order valence-electron chi connectivity index (χ1n) is 6.19. The third-order valence-corrected chi connectivity index (χ3v) is 2.68. The monoisotopic (exact) mass is 237 g/mol. The van der Waals surface area contributed by atoms with Gasteiger partial charge in [-0.25, -0.2) is 0 Å². The average molecular weight is 237 g/mol. The van der Waals surface area contributed by atoms with Gasteiger partial charge < -0.3 is 0 Å². The Kier molecular flexibility index (Phi) is 6.28. The van der Waals surface area contributed by atoms with E-state index >= 15 is 0 Å². The van der Waals surface area contributed by atoms with Crippen LogP contribution < -0.4 is 0 Å². The summed E-state index contributed by atoms with van der Waals surface area (Å²) < 4.78 is 0. The fraction of sp³-hybridized carbons (Fsp3) is 0.235. The largest absolute Gasteiger partial charge is 0.263 e. The van der Waals surface area contributed by atoms with Crippen LogP contribution in [0.15, 0.2) is 61.0 Å². The molecule has 1 unspecified atom stereocenters. The standard InChI is InChI=1S/C17H19N/c1-4-6-7-10-17(15(3)5-2)12-11-16-9-8-13-18-14-16/h4,6-10,13-15H,1,5H2,2-3H3. The van der Waals surface area contributed by atoms with Gasteiger partial charge in [-0.05, 0) is 24.5 Å². The first kappa shape index (κ1) is 14.0. The molecule has 0 radical (unpaired) electrons. The van der Waals surface area contributed by atoms with Crippen LogP contribution in [0.3, 0.4) is 0 Å². The molecule has 1 nitrogen and oxygen atoms in total. The lowest BCUT2D eigenvalue weighted by Crippen LogP contribution is -1.95. The Morgan fingerprint density at radius 3 is 2.94 bits per heavy atom. The van der Waals surface area contributed by atoms with Crippen LogP contribution in [0, 0.1) is 17.8 Å². The zero-order chi connectivity index (χ0) is 13.2. The van der Waals surface area contributed by atoms with Crippen molar-refractivity contribution in [3.8, 4) is 11.8 Å². The van der Waals surface area contributed by atoms with E-state index in [1.165, 1.54) is 0 Å². The molecule has 0 aliphatic carbocycles. The molecule has 1 heterocycles. The average Bonchev–Trinajstić information content (AvgIpc) is 2.43. The Labute approximate surface area is 110 Å². The van der Waals surface area contributed by atoms with Gasteiger partial charge in [0.05, 0.1) is 0 Å². The van der Waals surface area contributed by atoms with Gasteiger partial charge in [0.15, 0.2) is 0 Å². The summed E-state index contributed by atoms with van der Waals surface area (Å²) in [6.07, 6.45) is 12.3. The van der Waals surface area contributed by atoms with Crippen molar-refractivity contribution in [2.75, 3.05) is 0 Å². The van der Waals surface area contributed by atoms with Crippen LogP contribution in [0.1, 0.15) is 25.8 Å². The lowest BCUT2D eigenvalue weighted by molar-refractivity contribution is 0.675. The third-order valence-electron chi connectivity index (χ3n) is 2.68. The number of rotatable bonds is 4. The Morgan fingerprint density at radius 1 is 1.50 bits per heavy atom. The predicted molar refractivity (Wildman–Crippen MR) is 78.0 cm³/mol. The second-order valence-corrected chi connectivity index (χ2v) is 4.04. The smallest absolute Gasteiger partial charge is 0.0432 e. The summed E-state index contributed by atoms with van der Waals surface area (Å²) in [6, 6.07) is 3.86. The van der Waals surface area contributed by atoms with Crippen molar-refractivity contribution < 1.29 is 0 Å². The van der Waals surface area contributed by atoms with Crippen molar-refractivity contribution in [2.24, 2.45) is 5.92 Å². The molecule has 0 bridgehead atoms. The van der Waals surface area contributed by atoms with Gasteiger partial charge in [0.1, 0.15) is 0 Å². The summed E-state index contributed by atoms with van der Waals surface area (Å²) in [4.78, 5) is 4.05. The molecule has 1 heteroatoms. The second kappa shape index (κ2) is 8.08. The molecule has 0 saturated heterocycles. The lowest BCUT2D eigenvalue weighted by Gasteiger charge is -2.06. The Morgan fingerprint density at radius 2 is 2.33 bits per heavy atom. The van der Waals surface area contributed by atoms with Gasteiger partial charge in [0, 0.05) is 23.5 Å². The third kappa shape index (κ3) is 4.84. The Balaban J connectivity index is 2.92. The molecule has 0 N–H and O–H groups in total. The predicted octanol–water partition coefficient (Wildman–Crippen LogP) is 4.15. The highest BCUT2D eigenvalue weighted by molar-refractivity contribution is 5.41. The summed E-state index contributed by atoms with van der Waals surface area (Å²) in [5.74, 6) is 6.84. The summed E-state index contributed by atoms with van der Waals surface area (Å²) in [7, 11) is 0. The molecule has 0 saturated carbocycles. The minimum Gasteiger partial charge on any atom is -0.263 e. The van der Waals surface area contributed by atoms with E-state index < -0.39 is 0 Å². The molecule has 1 atom stereocenters. The van der Waals surface area contributed by atoms with E-state index in [0.29, 0.717) is 5.92 Å². The van der Waals surface area contributed by atoms with Gasteiger partial charge in [-0.1, -0.05) is 56.6 Å². The molecule has 0 aliphatic heterocycles. The minimum atomic E-state index is 0.462. The van der Waals surface area contributed by atoms with Crippen molar-refractivity contribution in [2.45, 2.75) is 20.3 Å². The molecule has 0 amide bonds. The number of pyridine rings is 1. The van der Waals surface area contributed by atoms with Gasteiger partial charge in [-0.3, -0.25) is 4.98 Å². The quantitative estimate of drug-likeness (QED) is 0.566. The van der Waals surface area contributed by atoms with E-state index in [0.717, 1.165) is 17.6 Å². The van der Waals surface area contributed by atoms with E-state index in [1.807, 2.05) is 24.3 Å². The highest BCUT2D eigenvalue weighted by Gasteiger charge is 2.02. The van der Waals surface area contributed by atoms with E-state index in [1.54, 1.807) is 18.5 Å². The van der Waals surface area contributed by atoms with Crippen molar-refractivity contribution >= 4 is 0 Å². The van der Waals surface area contributed by atoms with E-state index in [9.17, 15) is 0 Å². The molecule has 92 valence electrons. The zero-order valence-corrected chi connectivity index (χ0v) is 11.1. The van der Waals surface area contributed by atoms with E-state index in [4.69, 9.17) is 0 Å². The molecule has 0 aromatic carbocycles. The zero-order valence-electron chi connectivity index (χ0n) is 11.1. The fourth-order valence-electron chi connectivity index (χ4n) is 1.37. The van der Waals surface area contributed by atoms with Gasteiger partial charge in [-0.2, -0.15) is 0 Å². The van der Waals surface area contributed by atoms with Crippen molar-refractivity contribution in [3.63, 3.8) is 0 Å². The summed E-state index contributed by atoms with van der Waals surface area (Å²) in [6.45, 7) is 8.01. The Bertz CT molecular complexity index is 483. The second-order valence-electron chi connectivity index (χ2n) is 4.04. The first-order chi connectivity index (χ1) is 8.77. The molecule has 0 fully saturated rings. The Hall–Kier alpha value is -2.07. The van der Waals surface area contributed by atoms with Crippen LogP contribution in [0.2, 0.25) is 0 Å². The lowest BCUT2D eigenvalue weighted by atomic mass is 9.98. The number of hydrogen-bond donors (Lipinski definition) is 0. The molecule has 0 spiro atoms. The number of allylic oxidation sites excluding steroid dienone is 5. The fourth-order valence-corrected chi connectivity index (χ4v) is 1.37. The molecule has 0 aliphatic rings. The maximum atomic E-state index is 4.05. The molecular weight excluding hydrogens is 218 g/mol. The number of nitrogens with zero attached hydrogens (tertiary/aromatic N) is 1. The summed E-state index contributed by atoms with van der Waals surface area (Å²) in [5, 5.41) is 0. The normalized spacial score (nSPS) is 12.9. The molecule has 1 aromatic rings. The minimum absolute atomic E-state index is 0.462. The number of aromatic nitrogens is 1. The number of hydrogen-bond acceptors (Lipinski definition) is 1. The SMILES string of the molecule is C=CC=CC=C(C#Cc1cccnc1)C(C)CC. The van der Waals surface area contributed by atoms with Crippen LogP contribution >= 0.6 is 0 Å². The summed E-state index contributed by atoms with van der Waals surface area (Å²) in [5.41, 5.74) is 2.08. The van der Waals surface area contributed by atoms with Crippen molar-refractivity contribution in [1.29, 1.82) is 0 Å². The molecule has 18 heavy (non-hydrogen) atoms. The van der Waals surface area contributed by atoms with Crippen LogP contribution in [0.4, 0.5) is 0 Å². The van der Waals surface area contributed by atoms with Crippen molar-refractivity contribution in [3.05, 3.63) is 66.5 Å². The summed E-state index contributed by atoms with van der Waals surface area (Å²) >= 11 is 0.